The van der Waals surface area contributed by atoms with E-state index in [9.17, 15) is 4.79 Å². The van der Waals surface area contributed by atoms with Gasteiger partial charge in [0, 0.05) is 11.6 Å². The number of aromatic nitrogens is 2. The number of rotatable bonds is 8. The summed E-state index contributed by atoms with van der Waals surface area (Å²) in [5.74, 6) is 0.939. The lowest BCUT2D eigenvalue weighted by atomic mass is 10.1. The number of ether oxygens (including phenoxy) is 1. The van der Waals surface area contributed by atoms with Crippen LogP contribution in [0.3, 0.4) is 0 Å². The Balaban J connectivity index is 1.41. The van der Waals surface area contributed by atoms with Gasteiger partial charge in [0.1, 0.15) is 5.78 Å². The molecule has 0 bridgehead atoms. The molecule has 0 aliphatic carbocycles. The van der Waals surface area contributed by atoms with Crippen molar-refractivity contribution in [3.8, 4) is 5.88 Å². The van der Waals surface area contributed by atoms with Crippen LogP contribution in [0.15, 0.2) is 48.5 Å². The molecule has 0 radical (unpaired) electrons. The van der Waals surface area contributed by atoms with E-state index in [2.05, 4.69) is 11.0 Å². The summed E-state index contributed by atoms with van der Waals surface area (Å²) in [5, 5.41) is 6.46. The Hall–Kier alpha value is -2.37. The zero-order valence-electron chi connectivity index (χ0n) is 16.7. The zero-order valence-corrected chi connectivity index (χ0v) is 17.4. The summed E-state index contributed by atoms with van der Waals surface area (Å²) in [6, 6.07) is 16.0. The summed E-state index contributed by atoms with van der Waals surface area (Å²) in [5.41, 5.74) is 2.19. The number of carbonyl (C=O) groups excluding carboxylic acids is 1. The minimum absolute atomic E-state index is 0.0921. The van der Waals surface area contributed by atoms with E-state index in [-0.39, 0.29) is 11.8 Å². The molecule has 1 aromatic heterocycles. The second-order valence-corrected chi connectivity index (χ2v) is 8.05. The lowest BCUT2D eigenvalue weighted by Gasteiger charge is -2.21. The highest BCUT2D eigenvalue weighted by Crippen LogP contribution is 2.26. The Kier molecular flexibility index (Phi) is 6.16. The molecule has 3 aromatic rings. The molecule has 29 heavy (non-hydrogen) atoms. The third kappa shape index (κ3) is 4.62. The van der Waals surface area contributed by atoms with Crippen molar-refractivity contribution in [1.82, 2.24) is 14.7 Å². The second-order valence-electron chi connectivity index (χ2n) is 7.61. The van der Waals surface area contributed by atoms with E-state index >= 15 is 0 Å². The quantitative estimate of drug-likeness (QED) is 0.510. The smallest absolute Gasteiger partial charge is 0.240 e. The standard InChI is InChI=1S/C23H26ClN3O2/c1-17(28)21-8-4-13-26(21)14-5-15-29-23-20-6-2-3-7-22(20)27(25-23)16-18-9-11-19(24)12-10-18/h2-3,6-7,9-12,21H,4-5,8,13-16H2,1H3/t21-/m1/s1. The summed E-state index contributed by atoms with van der Waals surface area (Å²) >= 11 is 5.99. The molecule has 0 N–H and O–H groups in total. The first-order chi connectivity index (χ1) is 14.1. The van der Waals surface area contributed by atoms with Crippen molar-refractivity contribution in [3.05, 3.63) is 59.1 Å². The molecule has 2 heterocycles. The largest absolute Gasteiger partial charge is 0.476 e. The van der Waals surface area contributed by atoms with Crippen LogP contribution in [0, 0.1) is 0 Å². The number of fused-ring (bicyclic) bond motifs is 1. The minimum atomic E-state index is 0.0921. The van der Waals surface area contributed by atoms with Gasteiger partial charge in [-0.25, -0.2) is 0 Å². The molecule has 152 valence electrons. The van der Waals surface area contributed by atoms with Crippen molar-refractivity contribution in [3.63, 3.8) is 0 Å². The molecule has 2 aromatic carbocycles. The van der Waals surface area contributed by atoms with Crippen LogP contribution in [-0.2, 0) is 11.3 Å². The van der Waals surface area contributed by atoms with Crippen LogP contribution in [0.2, 0.25) is 5.02 Å². The lowest BCUT2D eigenvalue weighted by Crippen LogP contribution is -2.35. The van der Waals surface area contributed by atoms with Gasteiger partial charge in [-0.2, -0.15) is 0 Å². The average Bonchev–Trinajstić information content (AvgIpc) is 3.32. The summed E-state index contributed by atoms with van der Waals surface area (Å²) in [6.45, 7) is 4.83. The van der Waals surface area contributed by atoms with Gasteiger partial charge in [-0.3, -0.25) is 14.4 Å². The highest BCUT2D eigenvalue weighted by Gasteiger charge is 2.27. The Morgan fingerprint density at radius 1 is 1.21 bits per heavy atom. The highest BCUT2D eigenvalue weighted by atomic mass is 35.5. The molecular formula is C23H26ClN3O2. The molecule has 0 unspecified atom stereocenters. The van der Waals surface area contributed by atoms with Gasteiger partial charge in [0.2, 0.25) is 5.88 Å². The summed E-state index contributed by atoms with van der Waals surface area (Å²) < 4.78 is 8.02. The van der Waals surface area contributed by atoms with Crippen LogP contribution < -0.4 is 4.74 Å². The van der Waals surface area contributed by atoms with Crippen molar-refractivity contribution in [2.24, 2.45) is 0 Å². The van der Waals surface area contributed by atoms with E-state index in [1.165, 1.54) is 0 Å². The van der Waals surface area contributed by atoms with Crippen molar-refractivity contribution in [2.45, 2.75) is 38.8 Å². The SMILES string of the molecule is CC(=O)[C@H]1CCCN1CCCOc1nn(Cc2ccc(Cl)cc2)c2ccccc12. The van der Waals surface area contributed by atoms with Crippen molar-refractivity contribution >= 4 is 28.3 Å². The highest BCUT2D eigenvalue weighted by molar-refractivity contribution is 6.30. The van der Waals surface area contributed by atoms with E-state index < -0.39 is 0 Å². The fraction of sp³-hybridized carbons (Fsp3) is 0.391. The normalized spacial score (nSPS) is 17.1. The molecule has 6 heteroatoms. The van der Waals surface area contributed by atoms with Crippen LogP contribution in [0.25, 0.3) is 10.9 Å². The first-order valence-corrected chi connectivity index (χ1v) is 10.6. The fourth-order valence-electron chi connectivity index (χ4n) is 4.08. The van der Waals surface area contributed by atoms with Gasteiger partial charge in [0.15, 0.2) is 0 Å². The summed E-state index contributed by atoms with van der Waals surface area (Å²) in [7, 11) is 0. The van der Waals surface area contributed by atoms with Crippen LogP contribution in [-0.4, -0.2) is 46.2 Å². The number of ketones is 1. The molecule has 1 fully saturated rings. The van der Waals surface area contributed by atoms with Crippen molar-refractivity contribution < 1.29 is 9.53 Å². The third-order valence-electron chi connectivity index (χ3n) is 5.53. The molecule has 0 saturated carbocycles. The lowest BCUT2D eigenvalue weighted by molar-refractivity contribution is -0.121. The number of Topliss-reactive ketones (excluding diaryl/α,β-unsaturated/α-hetero) is 1. The monoisotopic (exact) mass is 411 g/mol. The third-order valence-corrected chi connectivity index (χ3v) is 5.78. The average molecular weight is 412 g/mol. The maximum atomic E-state index is 11.7. The molecule has 0 spiro atoms. The Morgan fingerprint density at radius 2 is 2.00 bits per heavy atom. The predicted molar refractivity (Wildman–Crippen MR) is 116 cm³/mol. The van der Waals surface area contributed by atoms with Gasteiger partial charge in [-0.15, -0.1) is 5.10 Å². The van der Waals surface area contributed by atoms with Gasteiger partial charge >= 0.3 is 0 Å². The number of benzene rings is 2. The predicted octanol–water partition coefficient (Wildman–Crippen LogP) is 4.56. The van der Waals surface area contributed by atoms with Crippen molar-refractivity contribution in [2.75, 3.05) is 19.7 Å². The van der Waals surface area contributed by atoms with Crippen LogP contribution in [0.4, 0.5) is 0 Å². The van der Waals surface area contributed by atoms with Gasteiger partial charge in [0.05, 0.1) is 30.1 Å². The second kappa shape index (κ2) is 8.97. The minimum Gasteiger partial charge on any atom is -0.476 e. The van der Waals surface area contributed by atoms with Gasteiger partial charge in [0.25, 0.3) is 0 Å². The van der Waals surface area contributed by atoms with Crippen LogP contribution in [0.1, 0.15) is 31.7 Å². The zero-order chi connectivity index (χ0) is 20.2. The van der Waals surface area contributed by atoms with E-state index in [1.54, 1.807) is 6.92 Å². The van der Waals surface area contributed by atoms with E-state index in [0.29, 0.717) is 19.0 Å². The van der Waals surface area contributed by atoms with Crippen LogP contribution in [0.5, 0.6) is 5.88 Å². The first kappa shape index (κ1) is 19.9. The number of carbonyl (C=O) groups is 1. The molecule has 4 rings (SSSR count). The van der Waals surface area contributed by atoms with Gasteiger partial charge in [-0.05, 0) is 62.6 Å². The van der Waals surface area contributed by atoms with Gasteiger partial charge in [-0.1, -0.05) is 35.9 Å². The maximum absolute atomic E-state index is 11.7. The summed E-state index contributed by atoms with van der Waals surface area (Å²) in [4.78, 5) is 14.0. The van der Waals surface area contributed by atoms with E-state index in [0.717, 1.165) is 53.8 Å². The fourth-order valence-corrected chi connectivity index (χ4v) is 4.20. The molecule has 5 nitrogen and oxygen atoms in total. The van der Waals surface area contributed by atoms with Crippen molar-refractivity contribution in [1.29, 1.82) is 0 Å². The number of halogens is 1. The Morgan fingerprint density at radius 3 is 2.79 bits per heavy atom. The molecule has 0 amide bonds. The molecule has 1 saturated heterocycles. The topological polar surface area (TPSA) is 47.4 Å². The number of nitrogens with zero attached hydrogens (tertiary/aromatic N) is 3. The van der Waals surface area contributed by atoms with Crippen LogP contribution >= 0.6 is 11.6 Å². The molecule has 1 atom stereocenters. The maximum Gasteiger partial charge on any atom is 0.240 e. The first-order valence-electron chi connectivity index (χ1n) is 10.2. The number of hydrogen-bond donors (Lipinski definition) is 0. The van der Waals surface area contributed by atoms with Gasteiger partial charge < -0.3 is 4.74 Å². The van der Waals surface area contributed by atoms with E-state index in [4.69, 9.17) is 21.4 Å². The number of para-hydroxylation sites is 1. The molecule has 1 aliphatic rings. The van der Waals surface area contributed by atoms with E-state index in [1.807, 2.05) is 47.1 Å². The Labute approximate surface area is 176 Å². The number of likely N-dealkylation sites (tertiary alicyclic amines) is 1. The number of hydrogen-bond acceptors (Lipinski definition) is 4. The summed E-state index contributed by atoms with van der Waals surface area (Å²) in [6.07, 6.45) is 2.96. The Bertz CT molecular complexity index is 983. The molecule has 1 aliphatic heterocycles. The molecular weight excluding hydrogens is 386 g/mol.